The Bertz CT molecular complexity index is 1450. The summed E-state index contributed by atoms with van der Waals surface area (Å²) in [5, 5.41) is -0.189. The zero-order valence-corrected chi connectivity index (χ0v) is 20.8. The minimum Gasteiger partial charge on any atom is -0.459 e. The highest BCUT2D eigenvalue weighted by atomic mass is 35.5. The van der Waals surface area contributed by atoms with Crippen molar-refractivity contribution in [3.8, 4) is 0 Å². The molecule has 0 spiro atoms. The average Bonchev–Trinajstić information content (AvgIpc) is 3.41. The molecule has 0 aliphatic carbocycles. The maximum absolute atomic E-state index is 16.5. The van der Waals surface area contributed by atoms with Crippen LogP contribution in [0.25, 0.3) is 11.2 Å². The van der Waals surface area contributed by atoms with E-state index in [2.05, 4.69) is 15.0 Å². The number of fused-ring (bicyclic) bond motifs is 1. The molecular weight excluding hydrogens is 526 g/mol. The fourth-order valence-electron chi connectivity index (χ4n) is 4.13. The van der Waals surface area contributed by atoms with Gasteiger partial charge in [0.15, 0.2) is 28.8 Å². The van der Waals surface area contributed by atoms with Crippen molar-refractivity contribution in [2.45, 2.75) is 31.0 Å². The molecule has 9 nitrogen and oxygen atoms in total. The standard InChI is InChI=1S/C25H19Cl2FN4O5/c1-25(28)18(37-22(34)15-10-6-3-7-11-15)16(12-35-21(33)14-8-4-2-5-9-14)36-23(25)32-13-29-17-19(26)30-24(27)31-20(17)32/h2-11,13,16,18,23H,12H2,1H3. The van der Waals surface area contributed by atoms with Gasteiger partial charge in [-0.1, -0.05) is 48.0 Å². The molecule has 5 rings (SSSR count). The van der Waals surface area contributed by atoms with Crippen LogP contribution in [0.1, 0.15) is 33.9 Å². The van der Waals surface area contributed by atoms with Gasteiger partial charge >= 0.3 is 11.9 Å². The van der Waals surface area contributed by atoms with Gasteiger partial charge in [0.1, 0.15) is 18.2 Å². The lowest BCUT2D eigenvalue weighted by molar-refractivity contribution is -0.0611. The van der Waals surface area contributed by atoms with Crippen LogP contribution in [0.3, 0.4) is 0 Å². The lowest BCUT2D eigenvalue weighted by Crippen LogP contribution is -2.44. The number of nitrogens with zero attached hydrogens (tertiary/aromatic N) is 4. The second-order valence-electron chi connectivity index (χ2n) is 8.44. The van der Waals surface area contributed by atoms with E-state index in [4.69, 9.17) is 37.4 Å². The van der Waals surface area contributed by atoms with E-state index < -0.39 is 36.0 Å². The lowest BCUT2D eigenvalue weighted by atomic mass is 9.98. The molecule has 0 bridgehead atoms. The molecule has 1 aliphatic rings. The van der Waals surface area contributed by atoms with Crippen molar-refractivity contribution < 1.29 is 28.2 Å². The van der Waals surface area contributed by atoms with Crippen LogP contribution in [-0.2, 0) is 14.2 Å². The normalized spacial score (nSPS) is 23.2. The van der Waals surface area contributed by atoms with Crippen molar-refractivity contribution >= 4 is 46.3 Å². The van der Waals surface area contributed by atoms with Crippen LogP contribution in [-0.4, -0.2) is 55.9 Å². The summed E-state index contributed by atoms with van der Waals surface area (Å²) < 4.78 is 34.8. The summed E-state index contributed by atoms with van der Waals surface area (Å²) in [7, 11) is 0. The number of aromatic nitrogens is 4. The maximum atomic E-state index is 16.5. The molecular formula is C25H19Cl2FN4O5. The smallest absolute Gasteiger partial charge is 0.338 e. The highest BCUT2D eigenvalue weighted by Crippen LogP contribution is 2.44. The van der Waals surface area contributed by atoms with E-state index in [1.807, 2.05) is 0 Å². The number of esters is 2. The Balaban J connectivity index is 1.47. The van der Waals surface area contributed by atoms with E-state index in [-0.39, 0.29) is 33.8 Å². The number of imidazole rings is 1. The molecule has 3 heterocycles. The number of carbonyl (C=O) groups excluding carboxylic acids is 2. The molecule has 190 valence electrons. The minimum atomic E-state index is -2.31. The molecule has 4 unspecified atom stereocenters. The van der Waals surface area contributed by atoms with E-state index in [1.165, 1.54) is 17.8 Å². The molecule has 0 saturated carbocycles. The number of rotatable bonds is 6. The van der Waals surface area contributed by atoms with Gasteiger partial charge in [-0.2, -0.15) is 4.98 Å². The molecule has 37 heavy (non-hydrogen) atoms. The highest BCUT2D eigenvalue weighted by Gasteiger charge is 2.58. The summed E-state index contributed by atoms with van der Waals surface area (Å²) in [5.74, 6) is -1.40. The van der Waals surface area contributed by atoms with Crippen LogP contribution < -0.4 is 0 Å². The van der Waals surface area contributed by atoms with Crippen LogP contribution in [0.4, 0.5) is 4.39 Å². The van der Waals surface area contributed by atoms with Crippen LogP contribution >= 0.6 is 23.2 Å². The van der Waals surface area contributed by atoms with Gasteiger partial charge in [-0.15, -0.1) is 0 Å². The summed E-state index contributed by atoms with van der Waals surface area (Å²) in [5.41, 5.74) is -1.48. The van der Waals surface area contributed by atoms with Crippen LogP contribution in [0.15, 0.2) is 67.0 Å². The van der Waals surface area contributed by atoms with Crippen molar-refractivity contribution in [1.82, 2.24) is 19.5 Å². The second kappa shape index (κ2) is 10.0. The molecule has 1 aliphatic heterocycles. The Morgan fingerprint density at radius 1 is 1.03 bits per heavy atom. The molecule has 2 aromatic heterocycles. The largest absolute Gasteiger partial charge is 0.459 e. The lowest BCUT2D eigenvalue weighted by Gasteiger charge is -2.27. The number of benzene rings is 2. The fourth-order valence-corrected chi connectivity index (χ4v) is 4.55. The Morgan fingerprint density at radius 3 is 2.30 bits per heavy atom. The molecule has 1 saturated heterocycles. The van der Waals surface area contributed by atoms with Gasteiger partial charge in [-0.25, -0.2) is 23.9 Å². The number of ether oxygens (including phenoxy) is 3. The molecule has 12 heteroatoms. The van der Waals surface area contributed by atoms with Gasteiger partial charge in [0.05, 0.1) is 17.5 Å². The SMILES string of the molecule is CC1(F)C(OC(=O)c2ccccc2)C(COC(=O)c2ccccc2)OC1n1cnc2c(Cl)nc(Cl)nc21. The van der Waals surface area contributed by atoms with Crippen molar-refractivity contribution in [1.29, 1.82) is 0 Å². The molecule has 0 radical (unpaired) electrons. The molecule has 1 fully saturated rings. The van der Waals surface area contributed by atoms with E-state index in [9.17, 15) is 9.59 Å². The van der Waals surface area contributed by atoms with E-state index >= 15 is 4.39 Å². The maximum Gasteiger partial charge on any atom is 0.338 e. The van der Waals surface area contributed by atoms with Gasteiger partial charge in [0.2, 0.25) is 5.28 Å². The third-order valence-corrected chi connectivity index (χ3v) is 6.35. The first-order valence-corrected chi connectivity index (χ1v) is 11.9. The number of carbonyl (C=O) groups is 2. The molecule has 0 N–H and O–H groups in total. The van der Waals surface area contributed by atoms with Gasteiger partial charge in [0, 0.05) is 0 Å². The first kappa shape index (κ1) is 25.1. The third-order valence-electron chi connectivity index (χ3n) is 5.92. The number of halogens is 3. The van der Waals surface area contributed by atoms with Crippen molar-refractivity contribution in [2.75, 3.05) is 6.61 Å². The van der Waals surface area contributed by atoms with Crippen LogP contribution in [0, 0.1) is 0 Å². The van der Waals surface area contributed by atoms with Crippen molar-refractivity contribution in [3.63, 3.8) is 0 Å². The highest BCUT2D eigenvalue weighted by molar-refractivity contribution is 6.35. The van der Waals surface area contributed by atoms with Crippen LogP contribution in [0.5, 0.6) is 0 Å². The number of hydrogen-bond acceptors (Lipinski definition) is 8. The Morgan fingerprint density at radius 2 is 1.65 bits per heavy atom. The summed E-state index contributed by atoms with van der Waals surface area (Å²) in [6.45, 7) is 0.829. The molecule has 0 amide bonds. The molecule has 4 atom stereocenters. The predicted molar refractivity (Wildman–Crippen MR) is 131 cm³/mol. The van der Waals surface area contributed by atoms with Gasteiger partial charge in [0.25, 0.3) is 0 Å². The minimum absolute atomic E-state index is 0.0206. The van der Waals surface area contributed by atoms with Gasteiger partial charge in [-0.05, 0) is 42.8 Å². The summed E-state index contributed by atoms with van der Waals surface area (Å²) >= 11 is 12.1. The fraction of sp³-hybridized carbons (Fsp3) is 0.240. The predicted octanol–water partition coefficient (Wildman–Crippen LogP) is 4.84. The number of alkyl halides is 1. The number of hydrogen-bond donors (Lipinski definition) is 0. The average molecular weight is 545 g/mol. The van der Waals surface area contributed by atoms with E-state index in [0.717, 1.165) is 0 Å². The zero-order valence-electron chi connectivity index (χ0n) is 19.3. The van der Waals surface area contributed by atoms with Crippen molar-refractivity contribution in [3.05, 3.63) is 88.6 Å². The molecule has 4 aromatic rings. The third kappa shape index (κ3) is 4.87. The van der Waals surface area contributed by atoms with Crippen molar-refractivity contribution in [2.24, 2.45) is 0 Å². The van der Waals surface area contributed by atoms with Gasteiger partial charge < -0.3 is 14.2 Å². The molecule has 2 aromatic carbocycles. The second-order valence-corrected chi connectivity index (χ2v) is 9.14. The first-order chi connectivity index (χ1) is 17.8. The first-order valence-electron chi connectivity index (χ1n) is 11.1. The summed E-state index contributed by atoms with van der Waals surface area (Å²) in [6, 6.07) is 16.4. The summed E-state index contributed by atoms with van der Waals surface area (Å²) in [4.78, 5) is 37.5. The topological polar surface area (TPSA) is 105 Å². The van der Waals surface area contributed by atoms with Gasteiger partial charge in [-0.3, -0.25) is 4.57 Å². The van der Waals surface area contributed by atoms with E-state index in [0.29, 0.717) is 5.56 Å². The van der Waals surface area contributed by atoms with E-state index in [1.54, 1.807) is 60.7 Å². The van der Waals surface area contributed by atoms with Crippen LogP contribution in [0.2, 0.25) is 10.4 Å². The zero-order chi connectivity index (χ0) is 26.2. The Hall–Kier alpha value is -3.60. The quantitative estimate of drug-likeness (QED) is 0.193. The summed E-state index contributed by atoms with van der Waals surface area (Å²) in [6.07, 6.45) is -2.73. The monoisotopic (exact) mass is 544 g/mol. The Labute approximate surface area is 220 Å². The Kier molecular flexibility index (Phi) is 6.80.